The van der Waals surface area contributed by atoms with Crippen molar-refractivity contribution in [1.82, 2.24) is 4.90 Å². The first kappa shape index (κ1) is 20.6. The maximum Gasteiger partial charge on any atom is 0.336 e. The lowest BCUT2D eigenvalue weighted by atomic mass is 10.1. The number of fused-ring (bicyclic) bond motifs is 1. The van der Waals surface area contributed by atoms with Gasteiger partial charge in [-0.05, 0) is 60.2 Å². The van der Waals surface area contributed by atoms with Gasteiger partial charge in [0, 0.05) is 17.5 Å². The summed E-state index contributed by atoms with van der Waals surface area (Å²) in [4.78, 5) is 31.0. The second-order valence-electron chi connectivity index (χ2n) is 6.85. The lowest BCUT2D eigenvalue weighted by molar-refractivity contribution is -0.122. The molecule has 0 bridgehead atoms. The minimum atomic E-state index is -0.435. The number of β-amino-alcohol motifs (C(OH)–C–C–N with tert-alkyl or cyclic N) is 1. The van der Waals surface area contributed by atoms with Gasteiger partial charge in [-0.25, -0.2) is 9.79 Å². The first-order valence-corrected chi connectivity index (χ1v) is 10.3. The van der Waals surface area contributed by atoms with Crippen molar-refractivity contribution < 1.29 is 14.3 Å². The largest absolute Gasteiger partial charge is 0.423 e. The molecular weight excluding hydrogens is 414 g/mol. The van der Waals surface area contributed by atoms with E-state index in [4.69, 9.17) is 9.68 Å². The zero-order valence-corrected chi connectivity index (χ0v) is 17.3. The highest BCUT2D eigenvalue weighted by molar-refractivity contribution is 8.18. The zero-order chi connectivity index (χ0) is 22.0. The average molecular weight is 431 g/mol. The van der Waals surface area contributed by atoms with Crippen LogP contribution < -0.4 is 5.63 Å². The molecule has 8 heteroatoms. The van der Waals surface area contributed by atoms with Crippen LogP contribution in [0.25, 0.3) is 17.0 Å². The van der Waals surface area contributed by atoms with Crippen molar-refractivity contribution in [2.75, 3.05) is 13.2 Å². The summed E-state index contributed by atoms with van der Waals surface area (Å²) in [6.07, 6.45) is 1.73. The molecule has 31 heavy (non-hydrogen) atoms. The Bertz CT molecular complexity index is 1330. The van der Waals surface area contributed by atoms with E-state index in [1.807, 2.05) is 13.0 Å². The minimum Gasteiger partial charge on any atom is -0.423 e. The number of carbonyl (C=O) groups excluding carboxylic acids is 1. The van der Waals surface area contributed by atoms with Gasteiger partial charge in [0.15, 0.2) is 5.17 Å². The SMILES string of the molecule is Cc1cc(=O)oc2cc(N=C3S/C(=C\c4ccc(C#N)cc4)C(=O)N3CCO)ccc12. The topological polar surface area (TPSA) is 107 Å². The van der Waals surface area contributed by atoms with Crippen LogP contribution in [0, 0.1) is 18.3 Å². The van der Waals surface area contributed by atoms with Gasteiger partial charge in [0.05, 0.1) is 35.4 Å². The molecule has 3 aromatic rings. The quantitative estimate of drug-likeness (QED) is 0.500. The normalized spacial score (nSPS) is 16.4. The number of hydrogen-bond donors (Lipinski definition) is 1. The van der Waals surface area contributed by atoms with E-state index in [0.717, 1.165) is 16.5 Å². The smallest absolute Gasteiger partial charge is 0.336 e. The number of nitriles is 1. The van der Waals surface area contributed by atoms with Crippen molar-refractivity contribution in [2.45, 2.75) is 6.92 Å². The van der Waals surface area contributed by atoms with E-state index in [0.29, 0.717) is 26.9 Å². The van der Waals surface area contributed by atoms with Gasteiger partial charge < -0.3 is 9.52 Å². The second kappa shape index (κ2) is 8.60. The summed E-state index contributed by atoms with van der Waals surface area (Å²) in [5, 5.41) is 19.6. The molecule has 7 nitrogen and oxygen atoms in total. The van der Waals surface area contributed by atoms with Crippen LogP contribution in [0.4, 0.5) is 5.69 Å². The molecule has 1 saturated heterocycles. The summed E-state index contributed by atoms with van der Waals surface area (Å²) in [7, 11) is 0. The molecule has 1 aliphatic heterocycles. The fraction of sp³-hybridized carbons (Fsp3) is 0.130. The van der Waals surface area contributed by atoms with Crippen molar-refractivity contribution in [3.63, 3.8) is 0 Å². The number of aryl methyl sites for hydroxylation is 1. The number of aliphatic hydroxyl groups excluding tert-OH is 1. The summed E-state index contributed by atoms with van der Waals surface area (Å²) < 4.78 is 5.28. The lowest BCUT2D eigenvalue weighted by Crippen LogP contribution is -2.31. The molecule has 1 N–H and O–H groups in total. The monoisotopic (exact) mass is 431 g/mol. The summed E-state index contributed by atoms with van der Waals surface area (Å²) in [5.41, 5.74) is 2.64. The van der Waals surface area contributed by atoms with Gasteiger partial charge in [0.25, 0.3) is 5.91 Å². The van der Waals surface area contributed by atoms with Crippen LogP contribution in [0.5, 0.6) is 0 Å². The molecule has 0 atom stereocenters. The number of thioether (sulfide) groups is 1. The molecule has 0 unspecified atom stereocenters. The van der Waals surface area contributed by atoms with Gasteiger partial charge in [0.2, 0.25) is 0 Å². The van der Waals surface area contributed by atoms with Gasteiger partial charge in [-0.3, -0.25) is 9.69 Å². The van der Waals surface area contributed by atoms with Crippen LogP contribution in [0.2, 0.25) is 0 Å². The van der Waals surface area contributed by atoms with Crippen LogP contribution in [-0.2, 0) is 4.79 Å². The van der Waals surface area contributed by atoms with E-state index in [2.05, 4.69) is 11.1 Å². The van der Waals surface area contributed by atoms with Crippen LogP contribution in [0.1, 0.15) is 16.7 Å². The molecule has 154 valence electrons. The molecule has 1 amide bonds. The van der Waals surface area contributed by atoms with Gasteiger partial charge in [0.1, 0.15) is 5.58 Å². The van der Waals surface area contributed by atoms with Crippen molar-refractivity contribution >= 4 is 45.6 Å². The molecule has 2 aromatic carbocycles. The molecule has 0 spiro atoms. The Morgan fingerprint density at radius 1 is 1.19 bits per heavy atom. The average Bonchev–Trinajstić information content (AvgIpc) is 3.03. The number of carbonyl (C=O) groups is 1. The molecule has 1 aliphatic rings. The predicted octanol–water partition coefficient (Wildman–Crippen LogP) is 3.57. The van der Waals surface area contributed by atoms with Crippen molar-refractivity contribution in [3.8, 4) is 6.07 Å². The third-order valence-corrected chi connectivity index (χ3v) is 5.72. The molecular formula is C23H17N3O4S. The van der Waals surface area contributed by atoms with Crippen LogP contribution in [0.3, 0.4) is 0 Å². The number of amidine groups is 1. The number of nitrogens with zero attached hydrogens (tertiary/aromatic N) is 3. The maximum atomic E-state index is 12.9. The van der Waals surface area contributed by atoms with E-state index in [-0.39, 0.29) is 19.1 Å². The van der Waals surface area contributed by atoms with Crippen LogP contribution >= 0.6 is 11.8 Å². The third kappa shape index (κ3) is 4.28. The van der Waals surface area contributed by atoms with Gasteiger partial charge in [-0.15, -0.1) is 0 Å². The highest BCUT2D eigenvalue weighted by Gasteiger charge is 2.33. The standard InChI is InChI=1S/C23H17N3O4S/c1-14-10-21(28)30-19-12-17(6-7-18(14)19)25-23-26(8-9-27)22(29)20(31-23)11-15-2-4-16(13-24)5-3-15/h2-7,10-12,27H,8-9H2,1H3/b20-11-,25-23?. The zero-order valence-electron chi connectivity index (χ0n) is 16.5. The van der Waals surface area contributed by atoms with E-state index in [1.165, 1.54) is 22.7 Å². The summed E-state index contributed by atoms with van der Waals surface area (Å²) >= 11 is 1.20. The Hall–Kier alpha value is -3.67. The van der Waals surface area contributed by atoms with Gasteiger partial charge in [-0.2, -0.15) is 5.26 Å². The van der Waals surface area contributed by atoms with Crippen molar-refractivity contribution in [3.05, 3.63) is 80.5 Å². The number of amides is 1. The van der Waals surface area contributed by atoms with E-state index in [1.54, 1.807) is 42.5 Å². The van der Waals surface area contributed by atoms with Crippen molar-refractivity contribution in [1.29, 1.82) is 5.26 Å². The molecule has 0 saturated carbocycles. The molecule has 1 fully saturated rings. The number of benzene rings is 2. The highest BCUT2D eigenvalue weighted by Crippen LogP contribution is 2.34. The summed E-state index contributed by atoms with van der Waals surface area (Å²) in [6, 6.07) is 15.6. The molecule has 4 rings (SSSR count). The Morgan fingerprint density at radius 3 is 2.68 bits per heavy atom. The number of hydrogen-bond acceptors (Lipinski definition) is 7. The minimum absolute atomic E-state index is 0.108. The van der Waals surface area contributed by atoms with Gasteiger partial charge in [-0.1, -0.05) is 12.1 Å². The first-order chi connectivity index (χ1) is 15.0. The Labute approximate surface area is 181 Å². The molecule has 0 radical (unpaired) electrons. The first-order valence-electron chi connectivity index (χ1n) is 9.44. The fourth-order valence-electron chi connectivity index (χ4n) is 3.19. The Kier molecular flexibility index (Phi) is 5.71. The van der Waals surface area contributed by atoms with E-state index < -0.39 is 5.63 Å². The number of rotatable bonds is 4. The highest BCUT2D eigenvalue weighted by atomic mass is 32.2. The Balaban J connectivity index is 1.70. The molecule has 0 aliphatic carbocycles. The number of aliphatic hydroxyl groups is 1. The fourth-order valence-corrected chi connectivity index (χ4v) is 4.21. The van der Waals surface area contributed by atoms with E-state index >= 15 is 0 Å². The predicted molar refractivity (Wildman–Crippen MR) is 120 cm³/mol. The van der Waals surface area contributed by atoms with Crippen molar-refractivity contribution in [2.24, 2.45) is 4.99 Å². The lowest BCUT2D eigenvalue weighted by Gasteiger charge is -2.13. The third-order valence-electron chi connectivity index (χ3n) is 4.71. The Morgan fingerprint density at radius 2 is 1.97 bits per heavy atom. The number of aliphatic imine (C=N–C) groups is 1. The summed E-state index contributed by atoms with van der Waals surface area (Å²) in [5.74, 6) is -0.259. The molecule has 2 heterocycles. The molecule has 1 aromatic heterocycles. The van der Waals surface area contributed by atoms with Gasteiger partial charge >= 0.3 is 5.63 Å². The second-order valence-corrected chi connectivity index (χ2v) is 7.86. The maximum absolute atomic E-state index is 12.9. The van der Waals surface area contributed by atoms with Crippen LogP contribution in [-0.4, -0.2) is 34.2 Å². The van der Waals surface area contributed by atoms with E-state index in [9.17, 15) is 14.7 Å². The summed E-state index contributed by atoms with van der Waals surface area (Å²) in [6.45, 7) is 1.73. The van der Waals surface area contributed by atoms with Crippen LogP contribution in [0.15, 0.2) is 67.6 Å².